The minimum atomic E-state index is -0.324. The number of aromatic nitrogens is 1. The van der Waals surface area contributed by atoms with Crippen molar-refractivity contribution in [1.82, 2.24) is 4.57 Å². The van der Waals surface area contributed by atoms with Crippen molar-refractivity contribution < 1.29 is 13.9 Å². The van der Waals surface area contributed by atoms with E-state index in [1.54, 1.807) is 13.0 Å². The van der Waals surface area contributed by atoms with Crippen LogP contribution in [0.15, 0.2) is 30.5 Å². The van der Waals surface area contributed by atoms with Gasteiger partial charge in [-0.1, -0.05) is 6.07 Å². The van der Waals surface area contributed by atoms with Crippen LogP contribution < -0.4 is 0 Å². The Morgan fingerprint density at radius 3 is 2.65 bits per heavy atom. The molecule has 0 N–H and O–H groups in total. The van der Waals surface area contributed by atoms with Gasteiger partial charge in [0, 0.05) is 12.7 Å². The Labute approximate surface area is 118 Å². The predicted molar refractivity (Wildman–Crippen MR) is 75.4 cm³/mol. The predicted octanol–water partition coefficient (Wildman–Crippen LogP) is 3.47. The molecular weight excluding hydrogens is 257 g/mol. The lowest BCUT2D eigenvalue weighted by atomic mass is 10.1. The number of rotatable bonds is 4. The van der Waals surface area contributed by atoms with Gasteiger partial charge in [0.15, 0.2) is 0 Å². The maximum atomic E-state index is 13.1. The van der Waals surface area contributed by atoms with Crippen LogP contribution >= 0.6 is 0 Å². The highest BCUT2D eigenvalue weighted by atomic mass is 19.1. The summed E-state index contributed by atoms with van der Waals surface area (Å²) in [6.07, 6.45) is 1.85. The number of aryl methyl sites for hydroxylation is 2. The number of carbonyl (C=O) groups is 1. The summed E-state index contributed by atoms with van der Waals surface area (Å²) in [5.74, 6) is -0.574. The Morgan fingerprint density at radius 2 is 2.00 bits per heavy atom. The van der Waals surface area contributed by atoms with Crippen LogP contribution in [0.5, 0.6) is 0 Å². The van der Waals surface area contributed by atoms with Gasteiger partial charge in [-0.2, -0.15) is 0 Å². The van der Waals surface area contributed by atoms with E-state index in [1.165, 1.54) is 12.1 Å². The molecule has 0 amide bonds. The molecule has 0 unspecified atom stereocenters. The number of benzene rings is 1. The van der Waals surface area contributed by atoms with E-state index < -0.39 is 0 Å². The molecule has 3 nitrogen and oxygen atoms in total. The average Bonchev–Trinajstić information content (AvgIpc) is 2.74. The fraction of sp³-hybridized carbons (Fsp3) is 0.312. The Hall–Kier alpha value is -2.10. The first kappa shape index (κ1) is 14.3. The number of hydrogen-bond donors (Lipinski definition) is 0. The van der Waals surface area contributed by atoms with Crippen molar-refractivity contribution in [3.63, 3.8) is 0 Å². The summed E-state index contributed by atoms with van der Waals surface area (Å²) in [5.41, 5.74) is 3.28. The molecule has 0 atom stereocenters. The molecular formula is C16H18FNO2. The lowest BCUT2D eigenvalue weighted by Crippen LogP contribution is -2.14. The van der Waals surface area contributed by atoms with Crippen LogP contribution in [0.25, 0.3) is 0 Å². The molecule has 1 aromatic heterocycles. The van der Waals surface area contributed by atoms with Crippen molar-refractivity contribution in [2.45, 2.75) is 27.3 Å². The second kappa shape index (κ2) is 5.90. The Balaban J connectivity index is 2.32. The first-order valence-electron chi connectivity index (χ1n) is 6.60. The molecule has 2 rings (SSSR count). The Kier molecular flexibility index (Phi) is 4.23. The summed E-state index contributed by atoms with van der Waals surface area (Å²) in [6.45, 7) is 6.39. The summed E-state index contributed by atoms with van der Waals surface area (Å²) in [5, 5.41) is 0. The minimum Gasteiger partial charge on any atom is -0.461 e. The summed E-state index contributed by atoms with van der Waals surface area (Å²) in [4.78, 5) is 12.0. The Morgan fingerprint density at radius 1 is 1.25 bits per heavy atom. The van der Waals surface area contributed by atoms with Crippen LogP contribution in [0.1, 0.15) is 34.1 Å². The van der Waals surface area contributed by atoms with Gasteiger partial charge in [0.25, 0.3) is 0 Å². The van der Waals surface area contributed by atoms with Crippen LogP contribution in [0.2, 0.25) is 0 Å². The third kappa shape index (κ3) is 2.90. The zero-order valence-corrected chi connectivity index (χ0v) is 11.9. The highest BCUT2D eigenvalue weighted by Crippen LogP contribution is 2.17. The van der Waals surface area contributed by atoms with E-state index in [2.05, 4.69) is 0 Å². The van der Waals surface area contributed by atoms with Crippen molar-refractivity contribution in [3.05, 3.63) is 58.7 Å². The smallest absolute Gasteiger partial charge is 0.355 e. The van der Waals surface area contributed by atoms with Gasteiger partial charge in [-0.15, -0.1) is 0 Å². The third-order valence-corrected chi connectivity index (χ3v) is 3.28. The number of halogens is 1. The van der Waals surface area contributed by atoms with Crippen molar-refractivity contribution >= 4 is 5.97 Å². The fourth-order valence-corrected chi connectivity index (χ4v) is 2.21. The monoisotopic (exact) mass is 275 g/mol. The van der Waals surface area contributed by atoms with Crippen molar-refractivity contribution in [3.8, 4) is 0 Å². The van der Waals surface area contributed by atoms with E-state index >= 15 is 0 Å². The maximum absolute atomic E-state index is 13.1. The van der Waals surface area contributed by atoms with Gasteiger partial charge in [-0.05, 0) is 55.7 Å². The van der Waals surface area contributed by atoms with Crippen LogP contribution in [0.4, 0.5) is 4.39 Å². The normalized spacial score (nSPS) is 10.6. The molecule has 0 saturated heterocycles. The quantitative estimate of drug-likeness (QED) is 0.800. The number of carbonyl (C=O) groups excluding carboxylic acids is 1. The molecule has 20 heavy (non-hydrogen) atoms. The van der Waals surface area contributed by atoms with Gasteiger partial charge < -0.3 is 9.30 Å². The van der Waals surface area contributed by atoms with Gasteiger partial charge >= 0.3 is 5.97 Å². The van der Waals surface area contributed by atoms with E-state index in [0.29, 0.717) is 18.8 Å². The molecule has 0 fully saturated rings. The largest absolute Gasteiger partial charge is 0.461 e. The van der Waals surface area contributed by atoms with Crippen molar-refractivity contribution in [2.24, 2.45) is 0 Å². The standard InChI is InChI=1S/C16H18FNO2/c1-4-20-16(19)15-11(2)7-8-18(15)10-13-5-6-14(17)9-12(13)3/h5-9H,4,10H2,1-3H3. The van der Waals surface area contributed by atoms with Gasteiger partial charge in [0.1, 0.15) is 11.5 Å². The topological polar surface area (TPSA) is 31.2 Å². The van der Waals surface area contributed by atoms with Crippen LogP contribution in [0.3, 0.4) is 0 Å². The van der Waals surface area contributed by atoms with Gasteiger partial charge in [0.2, 0.25) is 0 Å². The number of ether oxygens (including phenoxy) is 1. The van der Waals surface area contributed by atoms with E-state index in [-0.39, 0.29) is 11.8 Å². The lowest BCUT2D eigenvalue weighted by molar-refractivity contribution is 0.0513. The van der Waals surface area contributed by atoms with Crippen molar-refractivity contribution in [2.75, 3.05) is 6.61 Å². The lowest BCUT2D eigenvalue weighted by Gasteiger charge is -2.11. The van der Waals surface area contributed by atoms with E-state index in [9.17, 15) is 9.18 Å². The molecule has 0 spiro atoms. The first-order chi connectivity index (χ1) is 9.52. The molecule has 0 radical (unpaired) electrons. The van der Waals surface area contributed by atoms with Gasteiger partial charge in [-0.3, -0.25) is 0 Å². The van der Waals surface area contributed by atoms with Crippen LogP contribution in [-0.4, -0.2) is 17.1 Å². The molecule has 4 heteroatoms. The molecule has 0 aliphatic heterocycles. The van der Waals surface area contributed by atoms with Gasteiger partial charge in [-0.25, -0.2) is 9.18 Å². The number of esters is 1. The second-order valence-corrected chi connectivity index (χ2v) is 4.77. The van der Waals surface area contributed by atoms with Gasteiger partial charge in [0.05, 0.1) is 6.61 Å². The molecule has 0 bridgehead atoms. The SMILES string of the molecule is CCOC(=O)c1c(C)ccn1Cc1ccc(F)cc1C. The maximum Gasteiger partial charge on any atom is 0.355 e. The minimum absolute atomic E-state index is 0.249. The summed E-state index contributed by atoms with van der Waals surface area (Å²) in [6, 6.07) is 6.55. The summed E-state index contributed by atoms with van der Waals surface area (Å²) >= 11 is 0. The van der Waals surface area contributed by atoms with Crippen molar-refractivity contribution in [1.29, 1.82) is 0 Å². The molecule has 106 valence electrons. The van der Waals surface area contributed by atoms with E-state index in [4.69, 9.17) is 4.74 Å². The Bertz CT molecular complexity index is 631. The third-order valence-electron chi connectivity index (χ3n) is 3.28. The summed E-state index contributed by atoms with van der Waals surface area (Å²) < 4.78 is 20.0. The van der Waals surface area contributed by atoms with Crippen LogP contribution in [0, 0.1) is 19.7 Å². The second-order valence-electron chi connectivity index (χ2n) is 4.77. The average molecular weight is 275 g/mol. The molecule has 2 aromatic rings. The number of nitrogens with zero attached hydrogens (tertiary/aromatic N) is 1. The fourth-order valence-electron chi connectivity index (χ4n) is 2.21. The highest BCUT2D eigenvalue weighted by molar-refractivity contribution is 5.89. The number of hydrogen-bond acceptors (Lipinski definition) is 2. The van der Waals surface area contributed by atoms with E-state index in [0.717, 1.165) is 16.7 Å². The molecule has 0 aliphatic carbocycles. The molecule has 1 heterocycles. The zero-order chi connectivity index (χ0) is 14.7. The van der Waals surface area contributed by atoms with E-state index in [1.807, 2.05) is 30.7 Å². The van der Waals surface area contributed by atoms with Crippen LogP contribution in [-0.2, 0) is 11.3 Å². The highest BCUT2D eigenvalue weighted by Gasteiger charge is 2.16. The molecule has 1 aromatic carbocycles. The first-order valence-corrected chi connectivity index (χ1v) is 6.60. The summed E-state index contributed by atoms with van der Waals surface area (Å²) in [7, 11) is 0. The molecule has 0 aliphatic rings. The zero-order valence-electron chi connectivity index (χ0n) is 11.9. The molecule has 0 saturated carbocycles.